The van der Waals surface area contributed by atoms with Gasteiger partial charge in [-0.15, -0.1) is 0 Å². The Labute approximate surface area is 272 Å². The minimum atomic E-state index is -0.658. The first-order chi connectivity index (χ1) is 22.7. The molecule has 2 heterocycles. The second kappa shape index (κ2) is 12.0. The van der Waals surface area contributed by atoms with Crippen LogP contribution in [0.15, 0.2) is 76.9 Å². The van der Waals surface area contributed by atoms with E-state index in [4.69, 9.17) is 14.2 Å². The first-order valence-corrected chi connectivity index (χ1v) is 15.9. The maximum absolute atomic E-state index is 14.2. The van der Waals surface area contributed by atoms with Crippen LogP contribution in [-0.2, 0) is 23.9 Å². The van der Waals surface area contributed by atoms with Gasteiger partial charge in [-0.3, -0.25) is 24.1 Å². The molecule has 2 saturated heterocycles. The highest BCUT2D eigenvalue weighted by atomic mass is 16.5. The fourth-order valence-corrected chi connectivity index (χ4v) is 7.77. The maximum Gasteiger partial charge on any atom is 0.238 e. The fourth-order valence-electron chi connectivity index (χ4n) is 7.77. The Kier molecular flexibility index (Phi) is 7.83. The summed E-state index contributed by atoms with van der Waals surface area (Å²) < 4.78 is 16.1. The number of imide groups is 1. The molecule has 2 aliphatic heterocycles. The number of amides is 2. The Morgan fingerprint density at radius 1 is 0.915 bits per heavy atom. The zero-order valence-electron chi connectivity index (χ0n) is 26.5. The Hall–Kier alpha value is -4.96. The van der Waals surface area contributed by atoms with E-state index in [0.29, 0.717) is 47.6 Å². The molecule has 0 saturated carbocycles. The number of nitrogens with zero attached hydrogens (tertiary/aromatic N) is 2. The van der Waals surface area contributed by atoms with Gasteiger partial charge in [0, 0.05) is 41.4 Å². The van der Waals surface area contributed by atoms with Crippen LogP contribution >= 0.6 is 0 Å². The third kappa shape index (κ3) is 5.07. The Morgan fingerprint density at radius 3 is 2.23 bits per heavy atom. The lowest BCUT2D eigenvalue weighted by Gasteiger charge is -2.41. The zero-order valence-corrected chi connectivity index (χ0v) is 26.5. The van der Waals surface area contributed by atoms with E-state index in [1.165, 1.54) is 25.2 Å². The van der Waals surface area contributed by atoms with E-state index in [2.05, 4.69) is 4.90 Å². The lowest BCUT2D eigenvalue weighted by molar-refractivity contribution is -0.123. The normalized spacial score (nSPS) is 25.9. The van der Waals surface area contributed by atoms with E-state index in [1.807, 2.05) is 36.4 Å². The van der Waals surface area contributed by atoms with Crippen LogP contribution in [0.3, 0.4) is 0 Å². The van der Waals surface area contributed by atoms with Crippen molar-refractivity contribution in [2.75, 3.05) is 50.3 Å². The minimum absolute atomic E-state index is 0.130. The number of ketones is 2. The number of hydrogen-bond acceptors (Lipinski definition) is 9. The SMILES string of the molecule is COc1cc(C=C[C@H]2C3=CC[C@@H]4C(=O)N(c5ccc(N6CCOCC6)cc5)C(=O)[C@@H]4[C@@H]3CC3=C2C(=O)C=C(C)C3=O)cc(OC)c1O. The Morgan fingerprint density at radius 2 is 1.57 bits per heavy atom. The third-order valence-electron chi connectivity index (χ3n) is 10.1. The number of carbonyl (C=O) groups is 4. The second-order valence-electron chi connectivity index (χ2n) is 12.5. The van der Waals surface area contributed by atoms with Crippen LogP contribution in [0.25, 0.3) is 6.08 Å². The van der Waals surface area contributed by atoms with E-state index in [0.717, 1.165) is 24.4 Å². The number of anilines is 2. The maximum atomic E-state index is 14.2. The summed E-state index contributed by atoms with van der Waals surface area (Å²) in [7, 11) is 2.88. The van der Waals surface area contributed by atoms with Crippen LogP contribution in [0, 0.1) is 23.7 Å². The molecule has 2 aromatic carbocycles. The first kappa shape index (κ1) is 30.7. The summed E-state index contributed by atoms with van der Waals surface area (Å²) >= 11 is 0. The predicted octanol–water partition coefficient (Wildman–Crippen LogP) is 4.43. The smallest absolute Gasteiger partial charge is 0.238 e. The summed E-state index contributed by atoms with van der Waals surface area (Å²) in [6.45, 7) is 4.49. The summed E-state index contributed by atoms with van der Waals surface area (Å²) in [6, 6.07) is 10.8. The largest absolute Gasteiger partial charge is 0.502 e. The Balaban J connectivity index is 1.24. The zero-order chi connectivity index (χ0) is 33.0. The molecule has 0 bridgehead atoms. The number of rotatable bonds is 6. The Bertz CT molecular complexity index is 1790. The van der Waals surface area contributed by atoms with Crippen molar-refractivity contribution in [3.05, 3.63) is 82.5 Å². The van der Waals surface area contributed by atoms with E-state index in [9.17, 15) is 24.3 Å². The second-order valence-corrected chi connectivity index (χ2v) is 12.5. The van der Waals surface area contributed by atoms with Gasteiger partial charge in [-0.05, 0) is 73.7 Å². The fraction of sp³-hybridized carbons (Fsp3) is 0.351. The molecule has 0 radical (unpaired) electrons. The molecule has 2 aromatic rings. The van der Waals surface area contributed by atoms with Crippen LogP contribution in [0.4, 0.5) is 11.4 Å². The van der Waals surface area contributed by atoms with Gasteiger partial charge < -0.3 is 24.2 Å². The number of morpholine rings is 1. The van der Waals surface area contributed by atoms with Gasteiger partial charge in [-0.25, -0.2) is 0 Å². The molecule has 7 rings (SSSR count). The number of hydrogen-bond donors (Lipinski definition) is 1. The van der Waals surface area contributed by atoms with Gasteiger partial charge in [0.1, 0.15) is 0 Å². The van der Waals surface area contributed by atoms with Crippen molar-refractivity contribution in [3.8, 4) is 17.2 Å². The van der Waals surface area contributed by atoms with Crippen LogP contribution in [-0.4, -0.2) is 69.0 Å². The van der Waals surface area contributed by atoms with Crippen molar-refractivity contribution in [1.82, 2.24) is 0 Å². The molecule has 242 valence electrons. The van der Waals surface area contributed by atoms with Gasteiger partial charge >= 0.3 is 0 Å². The van der Waals surface area contributed by atoms with Crippen LogP contribution in [0.1, 0.15) is 25.3 Å². The minimum Gasteiger partial charge on any atom is -0.502 e. The van der Waals surface area contributed by atoms with Gasteiger partial charge in [0.15, 0.2) is 23.1 Å². The number of ether oxygens (including phenoxy) is 3. The lowest BCUT2D eigenvalue weighted by atomic mass is 9.60. The predicted molar refractivity (Wildman–Crippen MR) is 174 cm³/mol. The number of carbonyl (C=O) groups excluding carboxylic acids is 4. The summed E-state index contributed by atoms with van der Waals surface area (Å²) in [6.07, 6.45) is 7.58. The van der Waals surface area contributed by atoms with E-state index < -0.39 is 23.7 Å². The average molecular weight is 637 g/mol. The van der Waals surface area contributed by atoms with Crippen LogP contribution < -0.4 is 19.3 Å². The number of allylic oxidation sites excluding steroid dienone is 7. The monoisotopic (exact) mass is 636 g/mol. The van der Waals surface area contributed by atoms with Gasteiger partial charge in [0.25, 0.3) is 0 Å². The standard InChI is InChI=1S/C37H36N2O8/c1-20-16-29(40)32-25(9-4-21-17-30(45-2)35(42)31(18-21)46-3)24-10-11-26-33(27(24)19-28(32)34(20)41)37(44)39(36(26)43)23-7-5-22(6-8-23)38-12-14-47-15-13-38/h4-10,16-18,25-27,33,42H,11-15,19H2,1-3H3/t25-,26-,27+,33-/m0/s1. The molecule has 4 atom stereocenters. The van der Waals surface area contributed by atoms with E-state index in [-0.39, 0.29) is 47.1 Å². The number of Topliss-reactive ketones (excluding diaryl/α,β-unsaturated/α-hetero) is 1. The molecule has 3 aliphatic carbocycles. The summed E-state index contributed by atoms with van der Waals surface area (Å²) in [4.78, 5) is 58.6. The average Bonchev–Trinajstić information content (AvgIpc) is 3.35. The molecule has 0 unspecified atom stereocenters. The molecule has 10 heteroatoms. The topological polar surface area (TPSA) is 123 Å². The molecule has 0 aromatic heterocycles. The molecular formula is C37H36N2O8. The van der Waals surface area contributed by atoms with Crippen molar-refractivity contribution in [1.29, 1.82) is 0 Å². The number of aromatic hydroxyl groups is 1. The highest BCUT2D eigenvalue weighted by molar-refractivity contribution is 6.24. The van der Waals surface area contributed by atoms with Crippen molar-refractivity contribution < 1.29 is 38.5 Å². The van der Waals surface area contributed by atoms with Crippen LogP contribution in [0.5, 0.6) is 17.2 Å². The highest BCUT2D eigenvalue weighted by Crippen LogP contribution is 2.53. The van der Waals surface area contributed by atoms with Crippen molar-refractivity contribution >= 4 is 40.8 Å². The highest BCUT2D eigenvalue weighted by Gasteiger charge is 2.56. The van der Waals surface area contributed by atoms with Gasteiger partial charge in [-0.2, -0.15) is 0 Å². The third-order valence-corrected chi connectivity index (χ3v) is 10.1. The molecule has 0 spiro atoms. The number of phenolic OH excluding ortho intramolecular Hbond substituents is 1. The summed E-state index contributed by atoms with van der Waals surface area (Å²) in [5.74, 6) is -2.88. The molecular weight excluding hydrogens is 600 g/mol. The van der Waals surface area contributed by atoms with Crippen LogP contribution in [0.2, 0.25) is 0 Å². The number of benzene rings is 2. The molecule has 10 nitrogen and oxygen atoms in total. The van der Waals surface area contributed by atoms with E-state index in [1.54, 1.807) is 25.1 Å². The van der Waals surface area contributed by atoms with Gasteiger partial charge in [0.2, 0.25) is 17.6 Å². The van der Waals surface area contributed by atoms with Gasteiger partial charge in [-0.1, -0.05) is 23.8 Å². The first-order valence-electron chi connectivity index (χ1n) is 15.9. The van der Waals surface area contributed by atoms with Crippen molar-refractivity contribution in [2.24, 2.45) is 23.7 Å². The number of methoxy groups -OCH3 is 2. The molecule has 47 heavy (non-hydrogen) atoms. The number of phenols is 1. The molecule has 2 amide bonds. The molecule has 5 aliphatic rings. The van der Waals surface area contributed by atoms with E-state index >= 15 is 0 Å². The molecule has 2 fully saturated rings. The lowest BCUT2D eigenvalue weighted by Crippen LogP contribution is -2.40. The number of fused-ring (bicyclic) bond motifs is 3. The quantitative estimate of drug-likeness (QED) is 0.279. The molecule has 1 N–H and O–H groups in total. The van der Waals surface area contributed by atoms with Crippen molar-refractivity contribution in [2.45, 2.75) is 19.8 Å². The van der Waals surface area contributed by atoms with Gasteiger partial charge in [0.05, 0.1) is 45.0 Å². The summed E-state index contributed by atoms with van der Waals surface area (Å²) in [5.41, 5.74) is 4.21. The van der Waals surface area contributed by atoms with Crippen molar-refractivity contribution in [3.63, 3.8) is 0 Å². The summed E-state index contributed by atoms with van der Waals surface area (Å²) in [5, 5.41) is 10.4.